The van der Waals surface area contributed by atoms with E-state index in [9.17, 15) is 10.1 Å². The highest BCUT2D eigenvalue weighted by atomic mass is 16.6. The number of nitro benzene ring substituents is 1. The van der Waals surface area contributed by atoms with Crippen molar-refractivity contribution in [2.45, 2.75) is 25.3 Å². The van der Waals surface area contributed by atoms with Crippen LogP contribution in [0.2, 0.25) is 0 Å². The van der Waals surface area contributed by atoms with E-state index in [0.717, 1.165) is 11.1 Å². The summed E-state index contributed by atoms with van der Waals surface area (Å²) in [4.78, 5) is 14.7. The summed E-state index contributed by atoms with van der Waals surface area (Å²) in [6.45, 7) is 0. The van der Waals surface area contributed by atoms with Gasteiger partial charge in [0.05, 0.1) is 4.92 Å². The van der Waals surface area contributed by atoms with Gasteiger partial charge in [0.2, 0.25) is 0 Å². The normalized spacial score (nSPS) is 15.3. The fourth-order valence-electron chi connectivity index (χ4n) is 2.21. The molecular formula is C13H13N3O2. The van der Waals surface area contributed by atoms with Crippen LogP contribution < -0.4 is 5.32 Å². The van der Waals surface area contributed by atoms with Gasteiger partial charge >= 0.3 is 0 Å². The van der Waals surface area contributed by atoms with E-state index in [1.54, 1.807) is 12.3 Å². The first-order chi connectivity index (χ1) is 8.75. The number of para-hydroxylation sites is 1. The number of aromatic nitrogens is 1. The van der Waals surface area contributed by atoms with Gasteiger partial charge in [-0.1, -0.05) is 12.1 Å². The number of nitrogens with one attached hydrogen (secondary N) is 1. The third-order valence-corrected chi connectivity index (χ3v) is 3.41. The third-order valence-electron chi connectivity index (χ3n) is 3.41. The molecule has 2 aromatic rings. The quantitative estimate of drug-likeness (QED) is 0.664. The number of nitro groups is 1. The van der Waals surface area contributed by atoms with Crippen molar-refractivity contribution < 1.29 is 4.92 Å². The van der Waals surface area contributed by atoms with Gasteiger partial charge in [0.15, 0.2) is 0 Å². The van der Waals surface area contributed by atoms with Gasteiger partial charge in [-0.05, 0) is 25.3 Å². The van der Waals surface area contributed by atoms with Crippen LogP contribution in [-0.4, -0.2) is 15.9 Å². The van der Waals surface area contributed by atoms with Gasteiger partial charge in [-0.25, -0.2) is 4.98 Å². The molecule has 92 valence electrons. The first-order valence-corrected chi connectivity index (χ1v) is 6.04. The van der Waals surface area contributed by atoms with Crippen LogP contribution in [0.25, 0.3) is 10.9 Å². The lowest BCUT2D eigenvalue weighted by Crippen LogP contribution is -2.27. The van der Waals surface area contributed by atoms with E-state index in [1.165, 1.54) is 25.3 Å². The van der Waals surface area contributed by atoms with Crippen molar-refractivity contribution in [3.05, 3.63) is 40.6 Å². The molecule has 0 bridgehead atoms. The zero-order chi connectivity index (χ0) is 12.5. The molecule has 0 unspecified atom stereocenters. The fourth-order valence-corrected chi connectivity index (χ4v) is 2.21. The highest BCUT2D eigenvalue weighted by Crippen LogP contribution is 2.31. The Morgan fingerprint density at radius 2 is 2.17 bits per heavy atom. The van der Waals surface area contributed by atoms with Crippen molar-refractivity contribution >= 4 is 22.3 Å². The maximum Gasteiger partial charge on any atom is 0.295 e. The summed E-state index contributed by atoms with van der Waals surface area (Å²) in [7, 11) is 0. The lowest BCUT2D eigenvalue weighted by Gasteiger charge is -2.27. The molecule has 0 spiro atoms. The van der Waals surface area contributed by atoms with Crippen LogP contribution in [0.5, 0.6) is 0 Å². The van der Waals surface area contributed by atoms with Crippen LogP contribution in [0.3, 0.4) is 0 Å². The van der Waals surface area contributed by atoms with Crippen LogP contribution in [0, 0.1) is 10.1 Å². The van der Waals surface area contributed by atoms with Gasteiger partial charge in [-0.2, -0.15) is 0 Å². The Morgan fingerprint density at radius 1 is 1.33 bits per heavy atom. The lowest BCUT2D eigenvalue weighted by atomic mass is 9.93. The summed E-state index contributed by atoms with van der Waals surface area (Å²) in [5.74, 6) is 0. The Labute approximate surface area is 104 Å². The predicted octanol–water partition coefficient (Wildman–Crippen LogP) is 3.11. The molecule has 1 aromatic carbocycles. The first kappa shape index (κ1) is 11.0. The lowest BCUT2D eigenvalue weighted by molar-refractivity contribution is -0.383. The van der Waals surface area contributed by atoms with E-state index >= 15 is 0 Å². The minimum absolute atomic E-state index is 0.0600. The Bertz CT molecular complexity index is 608. The maximum absolute atomic E-state index is 11.0. The number of nitrogens with zero attached hydrogens (tertiary/aromatic N) is 2. The van der Waals surface area contributed by atoms with Crippen molar-refractivity contribution in [1.29, 1.82) is 0 Å². The highest BCUT2D eigenvalue weighted by Gasteiger charge is 2.19. The van der Waals surface area contributed by atoms with Crippen LogP contribution in [-0.2, 0) is 0 Å². The van der Waals surface area contributed by atoms with E-state index in [2.05, 4.69) is 10.3 Å². The molecule has 5 nitrogen and oxygen atoms in total. The van der Waals surface area contributed by atoms with Crippen molar-refractivity contribution in [3.63, 3.8) is 0 Å². The molecule has 0 aliphatic heterocycles. The summed E-state index contributed by atoms with van der Waals surface area (Å²) in [5.41, 5.74) is 1.45. The molecule has 1 heterocycles. The summed E-state index contributed by atoms with van der Waals surface area (Å²) < 4.78 is 0. The van der Waals surface area contributed by atoms with Gasteiger partial charge in [0.25, 0.3) is 5.69 Å². The SMILES string of the molecule is O=[N+]([O-])c1cccc2c(NC3CCC3)ccnc12. The average molecular weight is 243 g/mol. The average Bonchev–Trinajstić information content (AvgIpc) is 2.33. The van der Waals surface area contributed by atoms with Crippen molar-refractivity contribution in [2.75, 3.05) is 5.32 Å². The zero-order valence-corrected chi connectivity index (χ0v) is 9.80. The smallest absolute Gasteiger partial charge is 0.295 e. The molecule has 1 aliphatic carbocycles. The largest absolute Gasteiger partial charge is 0.382 e. The summed E-state index contributed by atoms with van der Waals surface area (Å²) in [6.07, 6.45) is 5.20. The van der Waals surface area contributed by atoms with E-state index < -0.39 is 0 Å². The minimum atomic E-state index is -0.386. The van der Waals surface area contributed by atoms with Crippen LogP contribution in [0.1, 0.15) is 19.3 Å². The van der Waals surface area contributed by atoms with Gasteiger partial charge in [0.1, 0.15) is 5.52 Å². The predicted molar refractivity (Wildman–Crippen MR) is 69.7 cm³/mol. The second-order valence-electron chi connectivity index (χ2n) is 4.56. The number of hydrogen-bond donors (Lipinski definition) is 1. The summed E-state index contributed by atoms with van der Waals surface area (Å²) >= 11 is 0. The number of anilines is 1. The molecular weight excluding hydrogens is 230 g/mol. The number of rotatable bonds is 3. The van der Waals surface area contributed by atoms with Crippen molar-refractivity contribution in [1.82, 2.24) is 4.98 Å². The van der Waals surface area contributed by atoms with Gasteiger partial charge in [0, 0.05) is 29.4 Å². The summed E-state index contributed by atoms with van der Waals surface area (Å²) in [5, 5.41) is 15.2. The number of benzene rings is 1. The van der Waals surface area contributed by atoms with Crippen LogP contribution in [0.15, 0.2) is 30.5 Å². The first-order valence-electron chi connectivity index (χ1n) is 6.04. The van der Waals surface area contributed by atoms with Crippen LogP contribution in [0.4, 0.5) is 11.4 Å². The second kappa shape index (κ2) is 4.25. The number of non-ortho nitro benzene ring substituents is 1. The molecule has 5 heteroatoms. The van der Waals surface area contributed by atoms with Gasteiger partial charge in [-0.3, -0.25) is 10.1 Å². The fraction of sp³-hybridized carbons (Fsp3) is 0.308. The molecule has 0 atom stereocenters. The van der Waals surface area contributed by atoms with E-state index in [-0.39, 0.29) is 10.6 Å². The molecule has 1 fully saturated rings. The summed E-state index contributed by atoms with van der Waals surface area (Å²) in [6, 6.07) is 7.44. The van der Waals surface area contributed by atoms with Crippen LogP contribution >= 0.6 is 0 Å². The zero-order valence-electron chi connectivity index (χ0n) is 9.80. The monoisotopic (exact) mass is 243 g/mol. The minimum Gasteiger partial charge on any atom is -0.382 e. The molecule has 3 rings (SSSR count). The van der Waals surface area contributed by atoms with E-state index in [4.69, 9.17) is 0 Å². The Morgan fingerprint density at radius 3 is 2.83 bits per heavy atom. The molecule has 0 radical (unpaired) electrons. The Hall–Kier alpha value is -2.17. The number of pyridine rings is 1. The topological polar surface area (TPSA) is 68.1 Å². The molecule has 18 heavy (non-hydrogen) atoms. The van der Waals surface area contributed by atoms with Gasteiger partial charge in [-0.15, -0.1) is 0 Å². The molecule has 1 aliphatic rings. The van der Waals surface area contributed by atoms with Crippen molar-refractivity contribution in [2.24, 2.45) is 0 Å². The van der Waals surface area contributed by atoms with E-state index in [0.29, 0.717) is 11.6 Å². The second-order valence-corrected chi connectivity index (χ2v) is 4.56. The van der Waals surface area contributed by atoms with Crippen molar-refractivity contribution in [3.8, 4) is 0 Å². The third kappa shape index (κ3) is 1.77. The molecule has 0 saturated heterocycles. The molecule has 1 N–H and O–H groups in total. The van der Waals surface area contributed by atoms with E-state index in [1.807, 2.05) is 12.1 Å². The maximum atomic E-state index is 11.0. The molecule has 1 saturated carbocycles. The number of hydrogen-bond acceptors (Lipinski definition) is 4. The molecule has 0 amide bonds. The molecule has 1 aromatic heterocycles. The Balaban J connectivity index is 2.09. The Kier molecular flexibility index (Phi) is 2.59. The van der Waals surface area contributed by atoms with Gasteiger partial charge < -0.3 is 5.32 Å². The standard InChI is InChI=1S/C13H13N3O2/c17-16(18)12-6-2-5-10-11(7-8-14-13(10)12)15-9-3-1-4-9/h2,5-9H,1,3-4H2,(H,14,15). The number of fused-ring (bicyclic) bond motifs is 1. The highest BCUT2D eigenvalue weighted by molar-refractivity contribution is 5.96.